The number of piperazine rings is 1. The third kappa shape index (κ3) is 3.33. The summed E-state index contributed by atoms with van der Waals surface area (Å²) in [5.74, 6) is 0.291. The molecule has 0 radical (unpaired) electrons. The molecular formula is C18H19FN4O2S. The molecule has 26 heavy (non-hydrogen) atoms. The van der Waals surface area contributed by atoms with Gasteiger partial charge in [0.15, 0.2) is 5.16 Å². The van der Waals surface area contributed by atoms with Crippen LogP contribution >= 0.6 is 11.8 Å². The summed E-state index contributed by atoms with van der Waals surface area (Å²) < 4.78 is 14.6. The lowest BCUT2D eigenvalue weighted by Crippen LogP contribution is -2.52. The lowest BCUT2D eigenvalue weighted by Gasteiger charge is -2.38. The summed E-state index contributed by atoms with van der Waals surface area (Å²) in [5.41, 5.74) is 0.861. The minimum absolute atomic E-state index is 0.0951. The first-order chi connectivity index (χ1) is 12.6. The molecule has 1 saturated heterocycles. The van der Waals surface area contributed by atoms with Crippen molar-refractivity contribution in [1.82, 2.24) is 14.5 Å². The summed E-state index contributed by atoms with van der Waals surface area (Å²) in [4.78, 5) is 33.1. The number of aromatic nitrogens is 2. The maximum atomic E-state index is 13.1. The van der Waals surface area contributed by atoms with Gasteiger partial charge >= 0.3 is 0 Å². The van der Waals surface area contributed by atoms with Crippen molar-refractivity contribution >= 4 is 23.4 Å². The number of amides is 1. The number of carbonyl (C=O) groups excluding carboxylic acids is 1. The molecule has 0 N–H and O–H groups in total. The van der Waals surface area contributed by atoms with E-state index in [9.17, 15) is 14.0 Å². The number of rotatable bonds is 2. The zero-order valence-electron chi connectivity index (χ0n) is 14.2. The Balaban J connectivity index is 1.39. The Labute approximate surface area is 154 Å². The maximum absolute atomic E-state index is 13.1. The van der Waals surface area contributed by atoms with Crippen molar-refractivity contribution < 1.29 is 9.18 Å². The van der Waals surface area contributed by atoms with E-state index in [1.807, 2.05) is 4.90 Å². The van der Waals surface area contributed by atoms with Crippen LogP contribution in [-0.4, -0.2) is 52.3 Å². The van der Waals surface area contributed by atoms with E-state index in [1.165, 1.54) is 36.2 Å². The smallest absolute Gasteiger partial charge is 0.254 e. The Morgan fingerprint density at radius 3 is 2.58 bits per heavy atom. The molecule has 0 bridgehead atoms. The molecule has 1 aromatic carbocycles. The Bertz CT molecular complexity index is 862. The molecule has 1 unspecified atom stereocenters. The molecule has 0 spiro atoms. The molecule has 1 aromatic heterocycles. The first-order valence-electron chi connectivity index (χ1n) is 8.60. The Kier molecular flexibility index (Phi) is 4.67. The van der Waals surface area contributed by atoms with Crippen molar-refractivity contribution in [2.75, 3.05) is 36.8 Å². The van der Waals surface area contributed by atoms with Gasteiger partial charge in [-0.25, -0.2) is 9.37 Å². The maximum Gasteiger partial charge on any atom is 0.254 e. The number of carbonyl (C=O) groups is 1. The largest absolute Gasteiger partial charge is 0.368 e. The van der Waals surface area contributed by atoms with Crippen molar-refractivity contribution in [3.05, 3.63) is 52.7 Å². The second-order valence-electron chi connectivity index (χ2n) is 6.47. The highest BCUT2D eigenvalue weighted by Gasteiger charge is 2.31. The van der Waals surface area contributed by atoms with E-state index >= 15 is 0 Å². The van der Waals surface area contributed by atoms with E-state index in [2.05, 4.69) is 9.88 Å². The van der Waals surface area contributed by atoms with Gasteiger partial charge < -0.3 is 9.80 Å². The number of halogens is 1. The molecule has 1 fully saturated rings. The van der Waals surface area contributed by atoms with Gasteiger partial charge in [-0.05, 0) is 24.3 Å². The number of benzene rings is 1. The Morgan fingerprint density at radius 2 is 1.85 bits per heavy atom. The van der Waals surface area contributed by atoms with Crippen molar-refractivity contribution in [2.24, 2.45) is 5.92 Å². The topological polar surface area (TPSA) is 58.4 Å². The van der Waals surface area contributed by atoms with Crippen LogP contribution in [0.1, 0.15) is 0 Å². The highest BCUT2D eigenvalue weighted by Crippen LogP contribution is 2.26. The van der Waals surface area contributed by atoms with Crippen LogP contribution in [0.4, 0.5) is 10.1 Å². The van der Waals surface area contributed by atoms with Gasteiger partial charge in [-0.1, -0.05) is 11.8 Å². The number of hydrogen-bond donors (Lipinski definition) is 0. The fraction of sp³-hybridized carbons (Fsp3) is 0.389. The van der Waals surface area contributed by atoms with Gasteiger partial charge in [0.25, 0.3) is 5.56 Å². The number of hydrogen-bond acceptors (Lipinski definition) is 5. The molecule has 8 heteroatoms. The number of fused-ring (bicyclic) bond motifs is 1. The van der Waals surface area contributed by atoms with Crippen LogP contribution in [0.3, 0.4) is 0 Å². The fourth-order valence-corrected chi connectivity index (χ4v) is 4.45. The van der Waals surface area contributed by atoms with E-state index in [4.69, 9.17) is 0 Å². The van der Waals surface area contributed by atoms with Gasteiger partial charge in [0.05, 0.1) is 5.92 Å². The highest BCUT2D eigenvalue weighted by atomic mass is 32.2. The van der Waals surface area contributed by atoms with Gasteiger partial charge in [-0.3, -0.25) is 14.2 Å². The van der Waals surface area contributed by atoms with Crippen LogP contribution in [0.5, 0.6) is 0 Å². The predicted molar refractivity (Wildman–Crippen MR) is 97.9 cm³/mol. The number of thioether (sulfide) groups is 1. The second-order valence-corrected chi connectivity index (χ2v) is 7.46. The zero-order valence-corrected chi connectivity index (χ0v) is 15.0. The molecule has 2 aliphatic heterocycles. The van der Waals surface area contributed by atoms with Gasteiger partial charge in [0.1, 0.15) is 5.82 Å². The molecule has 6 nitrogen and oxygen atoms in total. The van der Waals surface area contributed by atoms with Crippen LogP contribution in [-0.2, 0) is 11.3 Å². The van der Waals surface area contributed by atoms with E-state index < -0.39 is 0 Å². The summed E-state index contributed by atoms with van der Waals surface area (Å²) in [6.07, 6.45) is 1.51. The van der Waals surface area contributed by atoms with E-state index in [1.54, 1.807) is 16.7 Å². The average molecular weight is 374 g/mol. The molecule has 0 aliphatic carbocycles. The Morgan fingerprint density at radius 1 is 1.12 bits per heavy atom. The lowest BCUT2D eigenvalue weighted by atomic mass is 10.1. The molecule has 4 rings (SSSR count). The van der Waals surface area contributed by atoms with E-state index in [0.717, 1.165) is 18.8 Å². The minimum atomic E-state index is -0.248. The van der Waals surface area contributed by atoms with Gasteiger partial charge in [-0.2, -0.15) is 0 Å². The standard InChI is InChI=1S/C18H19FN4O2S/c19-14-1-3-15(4-2-14)21-7-9-22(10-8-21)17(25)13-11-23-16(24)5-6-20-18(23)26-12-13/h1-6,13H,7-12H2. The van der Waals surface area contributed by atoms with Crippen molar-refractivity contribution in [3.63, 3.8) is 0 Å². The average Bonchev–Trinajstić information content (AvgIpc) is 2.68. The molecule has 3 heterocycles. The van der Waals surface area contributed by atoms with Gasteiger partial charge in [0.2, 0.25) is 5.91 Å². The highest BCUT2D eigenvalue weighted by molar-refractivity contribution is 7.99. The molecular weight excluding hydrogens is 355 g/mol. The third-order valence-electron chi connectivity index (χ3n) is 4.85. The lowest BCUT2D eigenvalue weighted by molar-refractivity contribution is -0.135. The number of anilines is 1. The quantitative estimate of drug-likeness (QED) is 0.745. The molecule has 2 aliphatic rings. The summed E-state index contributed by atoms with van der Waals surface area (Å²) in [7, 11) is 0. The zero-order chi connectivity index (χ0) is 18.1. The second kappa shape index (κ2) is 7.11. The fourth-order valence-electron chi connectivity index (χ4n) is 3.39. The van der Waals surface area contributed by atoms with Crippen molar-refractivity contribution in [1.29, 1.82) is 0 Å². The van der Waals surface area contributed by atoms with Crippen LogP contribution in [0.15, 0.2) is 46.5 Å². The molecule has 0 saturated carbocycles. The normalized spacial score (nSPS) is 20.0. The molecule has 1 amide bonds. The third-order valence-corrected chi connectivity index (χ3v) is 6.00. The number of nitrogens with zero attached hydrogens (tertiary/aromatic N) is 4. The van der Waals surface area contributed by atoms with Crippen molar-refractivity contribution in [2.45, 2.75) is 11.7 Å². The predicted octanol–water partition coefficient (Wildman–Crippen LogP) is 1.45. The summed E-state index contributed by atoms with van der Waals surface area (Å²) in [5, 5.41) is 0.683. The summed E-state index contributed by atoms with van der Waals surface area (Å²) >= 11 is 1.46. The summed E-state index contributed by atoms with van der Waals surface area (Å²) in [6, 6.07) is 7.87. The van der Waals surface area contributed by atoms with Crippen LogP contribution in [0.2, 0.25) is 0 Å². The summed E-state index contributed by atoms with van der Waals surface area (Å²) in [6.45, 7) is 3.09. The van der Waals surface area contributed by atoms with Crippen LogP contribution in [0.25, 0.3) is 0 Å². The van der Waals surface area contributed by atoms with Crippen molar-refractivity contribution in [3.8, 4) is 0 Å². The Hall–Kier alpha value is -2.35. The monoisotopic (exact) mass is 374 g/mol. The van der Waals surface area contributed by atoms with Crippen LogP contribution < -0.4 is 10.5 Å². The SMILES string of the molecule is O=C(C1CSc2nccc(=O)n2C1)N1CCN(c2ccc(F)cc2)CC1. The minimum Gasteiger partial charge on any atom is -0.368 e. The van der Waals surface area contributed by atoms with Gasteiger partial charge in [-0.15, -0.1) is 0 Å². The molecule has 2 aromatic rings. The molecule has 136 valence electrons. The molecule has 1 atom stereocenters. The first-order valence-corrected chi connectivity index (χ1v) is 9.58. The van der Waals surface area contributed by atoms with Gasteiger partial charge in [0, 0.05) is 56.4 Å². The van der Waals surface area contributed by atoms with Crippen LogP contribution in [0, 0.1) is 11.7 Å². The first kappa shape index (κ1) is 17.1. The van der Waals surface area contributed by atoms with E-state index in [0.29, 0.717) is 30.5 Å². The van der Waals surface area contributed by atoms with E-state index in [-0.39, 0.29) is 23.2 Å².